The quantitative estimate of drug-likeness (QED) is 0.655. The van der Waals surface area contributed by atoms with Crippen molar-refractivity contribution in [1.29, 1.82) is 0 Å². The Labute approximate surface area is 116 Å². The smallest absolute Gasteiger partial charge is 0.348 e. The van der Waals surface area contributed by atoms with Crippen molar-refractivity contribution >= 4 is 21.8 Å². The van der Waals surface area contributed by atoms with Crippen LogP contribution in [0.15, 0.2) is 18.2 Å². The molecule has 0 saturated carbocycles. The molecule has 0 aliphatic carbocycles. The molecule has 1 atom stereocenters. The first-order valence-electron chi connectivity index (χ1n) is 5.53. The van der Waals surface area contributed by atoms with Crippen LogP contribution in [0.1, 0.15) is 29.3 Å². The largest absolute Gasteiger partial charge is 0.419 e. The average Bonchev–Trinajstić information content (AvgIpc) is 2.34. The van der Waals surface area contributed by atoms with Gasteiger partial charge < -0.3 is 5.32 Å². The molecule has 0 aliphatic rings. The predicted molar refractivity (Wildman–Crippen MR) is 66.7 cm³/mol. The molecular formula is C12H12BrF4NO. The lowest BCUT2D eigenvalue weighted by atomic mass is 10.1. The van der Waals surface area contributed by atoms with Crippen LogP contribution in [0.4, 0.5) is 17.6 Å². The van der Waals surface area contributed by atoms with Gasteiger partial charge in [-0.15, -0.1) is 0 Å². The van der Waals surface area contributed by atoms with E-state index in [1.807, 2.05) is 0 Å². The summed E-state index contributed by atoms with van der Waals surface area (Å²) in [7, 11) is 0. The highest BCUT2D eigenvalue weighted by atomic mass is 79.9. The summed E-state index contributed by atoms with van der Waals surface area (Å²) in [5.41, 5.74) is -2.04. The minimum absolute atomic E-state index is 0.263. The summed E-state index contributed by atoms with van der Waals surface area (Å²) in [5, 5.41) is 2.90. The Hall–Kier alpha value is -1.11. The van der Waals surface area contributed by atoms with Gasteiger partial charge in [-0.2, -0.15) is 13.2 Å². The first-order valence-corrected chi connectivity index (χ1v) is 6.66. The number of hydrogen-bond donors (Lipinski definition) is 1. The molecule has 0 spiro atoms. The zero-order valence-electron chi connectivity index (χ0n) is 10.0. The number of hydrogen-bond acceptors (Lipinski definition) is 1. The Morgan fingerprint density at radius 3 is 2.53 bits per heavy atom. The maximum Gasteiger partial charge on any atom is 0.419 e. The molecule has 0 aromatic heterocycles. The third-order valence-electron chi connectivity index (χ3n) is 2.56. The lowest BCUT2D eigenvalue weighted by Crippen LogP contribution is -2.36. The number of alkyl halides is 4. The lowest BCUT2D eigenvalue weighted by molar-refractivity contribution is -0.140. The van der Waals surface area contributed by atoms with E-state index in [0.29, 0.717) is 17.8 Å². The van der Waals surface area contributed by atoms with Crippen LogP contribution in [-0.4, -0.2) is 17.3 Å². The number of amides is 1. The van der Waals surface area contributed by atoms with Gasteiger partial charge in [-0.3, -0.25) is 4.79 Å². The van der Waals surface area contributed by atoms with Gasteiger partial charge in [-0.05, 0) is 18.6 Å². The number of rotatable bonds is 4. The third kappa shape index (κ3) is 3.92. The van der Waals surface area contributed by atoms with E-state index in [-0.39, 0.29) is 6.04 Å². The monoisotopic (exact) mass is 341 g/mol. The summed E-state index contributed by atoms with van der Waals surface area (Å²) in [5.74, 6) is -2.40. The molecule has 19 heavy (non-hydrogen) atoms. The van der Waals surface area contributed by atoms with E-state index in [1.54, 1.807) is 6.92 Å². The second kappa shape index (κ2) is 6.36. The van der Waals surface area contributed by atoms with E-state index in [0.717, 1.165) is 12.1 Å². The molecule has 7 heteroatoms. The number of halogens is 5. The third-order valence-corrected chi connectivity index (χ3v) is 3.34. The second-order valence-corrected chi connectivity index (χ2v) is 4.55. The van der Waals surface area contributed by atoms with Gasteiger partial charge in [0, 0.05) is 11.4 Å². The molecule has 1 unspecified atom stereocenters. The number of carbonyl (C=O) groups excluding carboxylic acids is 1. The van der Waals surface area contributed by atoms with Gasteiger partial charge in [0.05, 0.1) is 11.1 Å². The van der Waals surface area contributed by atoms with Crippen LogP contribution in [-0.2, 0) is 6.18 Å². The van der Waals surface area contributed by atoms with Gasteiger partial charge in [0.15, 0.2) is 0 Å². The molecular weight excluding hydrogens is 330 g/mol. The predicted octanol–water partition coefficient (Wildman–Crippen LogP) is 3.75. The van der Waals surface area contributed by atoms with Crippen molar-refractivity contribution in [2.45, 2.75) is 25.6 Å². The highest BCUT2D eigenvalue weighted by molar-refractivity contribution is 9.09. The maximum atomic E-state index is 13.7. The molecule has 0 saturated heterocycles. The van der Waals surface area contributed by atoms with E-state index >= 15 is 0 Å². The van der Waals surface area contributed by atoms with E-state index in [4.69, 9.17) is 0 Å². The number of carbonyl (C=O) groups is 1. The zero-order chi connectivity index (χ0) is 14.6. The fourth-order valence-corrected chi connectivity index (χ4v) is 2.06. The van der Waals surface area contributed by atoms with Crippen molar-refractivity contribution in [2.75, 3.05) is 5.33 Å². The average molecular weight is 342 g/mol. The van der Waals surface area contributed by atoms with Crippen molar-refractivity contribution in [1.82, 2.24) is 5.32 Å². The minimum atomic E-state index is -4.82. The topological polar surface area (TPSA) is 29.1 Å². The molecule has 1 amide bonds. The molecule has 1 rings (SSSR count). The zero-order valence-corrected chi connectivity index (χ0v) is 11.6. The standard InChI is InChI=1S/C12H12BrF4NO/c1-2-7(6-13)18-11(19)8-4-3-5-9(10(8)14)12(15,16)17/h3-5,7H,2,6H2,1H3,(H,18,19). The highest BCUT2D eigenvalue weighted by Gasteiger charge is 2.35. The molecule has 0 heterocycles. The Kier molecular flexibility index (Phi) is 5.34. The van der Waals surface area contributed by atoms with Crippen LogP contribution < -0.4 is 5.32 Å². The summed E-state index contributed by atoms with van der Waals surface area (Å²) < 4.78 is 51.2. The summed E-state index contributed by atoms with van der Waals surface area (Å²) in [4.78, 5) is 11.7. The van der Waals surface area contributed by atoms with Crippen molar-refractivity contribution < 1.29 is 22.4 Å². The summed E-state index contributed by atoms with van der Waals surface area (Å²) >= 11 is 3.15. The molecule has 1 aromatic carbocycles. The normalized spacial score (nSPS) is 13.2. The van der Waals surface area contributed by atoms with Crippen LogP contribution in [0.3, 0.4) is 0 Å². The van der Waals surface area contributed by atoms with Gasteiger partial charge in [0.25, 0.3) is 5.91 Å². The van der Waals surface area contributed by atoms with Crippen LogP contribution in [0.25, 0.3) is 0 Å². The number of benzene rings is 1. The Bertz CT molecular complexity index is 458. The fourth-order valence-electron chi connectivity index (χ4n) is 1.44. The molecule has 0 bridgehead atoms. The van der Waals surface area contributed by atoms with Gasteiger partial charge >= 0.3 is 6.18 Å². The van der Waals surface area contributed by atoms with Crippen LogP contribution in [0.5, 0.6) is 0 Å². The van der Waals surface area contributed by atoms with Gasteiger partial charge in [0.2, 0.25) is 0 Å². The van der Waals surface area contributed by atoms with Gasteiger partial charge in [-0.25, -0.2) is 4.39 Å². The summed E-state index contributed by atoms with van der Waals surface area (Å²) in [6.45, 7) is 1.80. The summed E-state index contributed by atoms with van der Waals surface area (Å²) in [6.07, 6.45) is -4.24. The second-order valence-electron chi connectivity index (χ2n) is 3.90. The molecule has 1 N–H and O–H groups in total. The van der Waals surface area contributed by atoms with E-state index in [2.05, 4.69) is 21.2 Å². The number of nitrogens with one attached hydrogen (secondary N) is 1. The van der Waals surface area contributed by atoms with Crippen molar-refractivity contribution in [3.63, 3.8) is 0 Å². The minimum Gasteiger partial charge on any atom is -0.348 e. The lowest BCUT2D eigenvalue weighted by Gasteiger charge is -2.15. The van der Waals surface area contributed by atoms with Crippen LogP contribution in [0.2, 0.25) is 0 Å². The fraction of sp³-hybridized carbons (Fsp3) is 0.417. The molecule has 0 aliphatic heterocycles. The SMILES string of the molecule is CCC(CBr)NC(=O)c1cccc(C(F)(F)F)c1F. The van der Waals surface area contributed by atoms with Crippen molar-refractivity contribution in [3.8, 4) is 0 Å². The molecule has 2 nitrogen and oxygen atoms in total. The van der Waals surface area contributed by atoms with Gasteiger partial charge in [0.1, 0.15) is 5.82 Å². The van der Waals surface area contributed by atoms with Crippen molar-refractivity contribution in [2.24, 2.45) is 0 Å². The Morgan fingerprint density at radius 1 is 1.42 bits per heavy atom. The van der Waals surface area contributed by atoms with E-state index in [9.17, 15) is 22.4 Å². The highest BCUT2D eigenvalue weighted by Crippen LogP contribution is 2.32. The molecule has 0 radical (unpaired) electrons. The Morgan fingerprint density at radius 2 is 2.05 bits per heavy atom. The summed E-state index contributed by atoms with van der Waals surface area (Å²) in [6, 6.07) is 2.38. The molecule has 106 valence electrons. The van der Waals surface area contributed by atoms with E-state index in [1.165, 1.54) is 0 Å². The first kappa shape index (κ1) is 15.9. The van der Waals surface area contributed by atoms with E-state index < -0.39 is 29.0 Å². The van der Waals surface area contributed by atoms with Crippen LogP contribution in [0, 0.1) is 5.82 Å². The van der Waals surface area contributed by atoms with Gasteiger partial charge in [-0.1, -0.05) is 28.9 Å². The first-order chi connectivity index (χ1) is 8.81. The molecule has 1 aromatic rings. The Balaban J connectivity index is 3.05. The molecule has 0 fully saturated rings. The van der Waals surface area contributed by atoms with Crippen LogP contribution >= 0.6 is 15.9 Å². The maximum absolute atomic E-state index is 13.7. The van der Waals surface area contributed by atoms with Crippen molar-refractivity contribution in [3.05, 3.63) is 35.1 Å².